The van der Waals surface area contributed by atoms with Crippen molar-refractivity contribution in [2.45, 2.75) is 0 Å². The van der Waals surface area contributed by atoms with Crippen LogP contribution in [0.5, 0.6) is 5.75 Å². The number of ether oxygens (including phenoxy) is 1. The Morgan fingerprint density at radius 2 is 1.48 bits per heavy atom. The maximum absolute atomic E-state index is 12.2. The summed E-state index contributed by atoms with van der Waals surface area (Å²) in [5, 5.41) is 4.00. The van der Waals surface area contributed by atoms with Crippen molar-refractivity contribution >= 4 is 58.0 Å². The Morgan fingerprint density at radius 3 is 1.95 bits per heavy atom. The van der Waals surface area contributed by atoms with E-state index in [1.807, 2.05) is 0 Å². The summed E-state index contributed by atoms with van der Waals surface area (Å²) in [5.74, 6) is -0.0690. The highest BCUT2D eigenvalue weighted by Gasteiger charge is 2.14. The maximum atomic E-state index is 12.2. The lowest BCUT2D eigenvalue weighted by molar-refractivity contribution is 0.102. The molecule has 21 heavy (non-hydrogen) atoms. The van der Waals surface area contributed by atoms with Gasteiger partial charge < -0.3 is 10.1 Å². The summed E-state index contributed by atoms with van der Waals surface area (Å²) in [4.78, 5) is 12.2. The van der Waals surface area contributed by atoms with Crippen molar-refractivity contribution in [1.82, 2.24) is 0 Å². The van der Waals surface area contributed by atoms with E-state index in [-0.39, 0.29) is 16.0 Å². The molecule has 2 aromatic carbocycles. The van der Waals surface area contributed by atoms with Gasteiger partial charge in [0.2, 0.25) is 0 Å². The summed E-state index contributed by atoms with van der Waals surface area (Å²) in [5.41, 5.74) is 0.766. The van der Waals surface area contributed by atoms with Gasteiger partial charge in [-0.3, -0.25) is 4.79 Å². The second-order valence-electron chi connectivity index (χ2n) is 4.09. The monoisotopic (exact) mass is 363 g/mol. The summed E-state index contributed by atoms with van der Waals surface area (Å²) in [7, 11) is 1.45. The normalized spacial score (nSPS) is 10.3. The number of carbonyl (C=O) groups is 1. The van der Waals surface area contributed by atoms with Gasteiger partial charge in [0.1, 0.15) is 0 Å². The lowest BCUT2D eigenvalue weighted by Crippen LogP contribution is -2.12. The van der Waals surface area contributed by atoms with Gasteiger partial charge >= 0.3 is 0 Å². The first-order valence-corrected chi connectivity index (χ1v) is 7.22. The van der Waals surface area contributed by atoms with Crippen LogP contribution in [0, 0.1) is 0 Å². The van der Waals surface area contributed by atoms with Crippen molar-refractivity contribution in [2.75, 3.05) is 12.4 Å². The fourth-order valence-corrected chi connectivity index (χ4v) is 2.88. The summed E-state index contributed by atoms with van der Waals surface area (Å²) in [6, 6.07) is 7.66. The Morgan fingerprint density at radius 1 is 0.952 bits per heavy atom. The van der Waals surface area contributed by atoms with Crippen LogP contribution in [0.4, 0.5) is 5.69 Å². The minimum absolute atomic E-state index is 0.249. The first kappa shape index (κ1) is 16.2. The fourth-order valence-electron chi connectivity index (χ4n) is 1.72. The molecule has 2 rings (SSSR count). The Bertz CT molecular complexity index is 660. The number of hydrogen-bond donors (Lipinski definition) is 1. The Balaban J connectivity index is 2.28. The Kier molecular flexibility index (Phi) is 5.22. The average Bonchev–Trinajstić information content (AvgIpc) is 2.36. The molecule has 0 unspecified atom stereocenters. The van der Waals surface area contributed by atoms with E-state index in [1.54, 1.807) is 18.2 Å². The minimum Gasteiger partial charge on any atom is -0.494 e. The molecule has 0 aromatic heterocycles. The van der Waals surface area contributed by atoms with Crippen LogP contribution in [0.15, 0.2) is 30.3 Å². The quantitative estimate of drug-likeness (QED) is 0.773. The largest absolute Gasteiger partial charge is 0.494 e. The lowest BCUT2D eigenvalue weighted by atomic mass is 10.2. The van der Waals surface area contributed by atoms with Crippen molar-refractivity contribution in [3.05, 3.63) is 56.0 Å². The molecule has 0 aliphatic heterocycles. The first-order chi connectivity index (χ1) is 9.90. The number of halogens is 4. The predicted octanol–water partition coefficient (Wildman–Crippen LogP) is 5.56. The summed E-state index contributed by atoms with van der Waals surface area (Å²) >= 11 is 23.8. The highest BCUT2D eigenvalue weighted by Crippen LogP contribution is 2.34. The van der Waals surface area contributed by atoms with Gasteiger partial charge in [-0.1, -0.05) is 46.4 Å². The second kappa shape index (κ2) is 6.75. The molecule has 1 amide bonds. The van der Waals surface area contributed by atoms with Gasteiger partial charge in [-0.2, -0.15) is 0 Å². The number of rotatable bonds is 3. The number of carbonyl (C=O) groups excluding carboxylic acids is 1. The van der Waals surface area contributed by atoms with Gasteiger partial charge in [0.25, 0.3) is 5.91 Å². The van der Waals surface area contributed by atoms with E-state index in [0.29, 0.717) is 27.0 Å². The van der Waals surface area contributed by atoms with Crippen LogP contribution >= 0.6 is 46.4 Å². The van der Waals surface area contributed by atoms with E-state index in [1.165, 1.54) is 19.2 Å². The van der Waals surface area contributed by atoms with Crippen LogP contribution < -0.4 is 10.1 Å². The van der Waals surface area contributed by atoms with Gasteiger partial charge in [0.15, 0.2) is 5.75 Å². The number of anilines is 1. The zero-order valence-corrected chi connectivity index (χ0v) is 13.7. The second-order valence-corrected chi connectivity index (χ2v) is 5.77. The van der Waals surface area contributed by atoms with Crippen molar-refractivity contribution in [3.8, 4) is 5.75 Å². The van der Waals surface area contributed by atoms with E-state index in [9.17, 15) is 4.79 Å². The van der Waals surface area contributed by atoms with Crippen LogP contribution in [0.25, 0.3) is 0 Å². The lowest BCUT2D eigenvalue weighted by Gasteiger charge is -2.10. The van der Waals surface area contributed by atoms with Gasteiger partial charge in [0, 0.05) is 21.3 Å². The molecule has 0 heterocycles. The average molecular weight is 365 g/mol. The number of methoxy groups -OCH3 is 1. The van der Waals surface area contributed by atoms with E-state index in [0.717, 1.165) is 0 Å². The van der Waals surface area contributed by atoms with Crippen molar-refractivity contribution in [3.63, 3.8) is 0 Å². The fraction of sp³-hybridized carbons (Fsp3) is 0.0714. The molecule has 0 saturated carbocycles. The molecule has 1 N–H and O–H groups in total. The third-order valence-electron chi connectivity index (χ3n) is 2.59. The predicted molar refractivity (Wildman–Crippen MR) is 87.4 cm³/mol. The van der Waals surface area contributed by atoms with Crippen LogP contribution in [0.2, 0.25) is 20.1 Å². The molecule has 0 saturated heterocycles. The van der Waals surface area contributed by atoms with E-state index < -0.39 is 0 Å². The zero-order valence-electron chi connectivity index (χ0n) is 10.7. The Labute approximate surface area is 141 Å². The highest BCUT2D eigenvalue weighted by atomic mass is 35.5. The van der Waals surface area contributed by atoms with Gasteiger partial charge in [-0.15, -0.1) is 0 Å². The number of benzene rings is 2. The Hall–Kier alpha value is -1.13. The standard InChI is InChI=1S/C14H9Cl4NO2/c1-21-13-11(17)2-7(3-12(13)18)14(20)19-10-5-8(15)4-9(16)6-10/h2-6H,1H3,(H,19,20). The molecule has 3 nitrogen and oxygen atoms in total. The van der Waals surface area contributed by atoms with Gasteiger partial charge in [-0.25, -0.2) is 0 Å². The molecule has 0 radical (unpaired) electrons. The topological polar surface area (TPSA) is 38.3 Å². The van der Waals surface area contributed by atoms with Crippen LogP contribution in [-0.2, 0) is 0 Å². The molecule has 0 fully saturated rings. The van der Waals surface area contributed by atoms with Crippen molar-refractivity contribution in [1.29, 1.82) is 0 Å². The molecule has 7 heteroatoms. The molecule has 0 bridgehead atoms. The smallest absolute Gasteiger partial charge is 0.255 e. The summed E-state index contributed by atoms with van der Waals surface area (Å²) in [6.07, 6.45) is 0. The highest BCUT2D eigenvalue weighted by molar-refractivity contribution is 6.38. The van der Waals surface area contributed by atoms with Gasteiger partial charge in [-0.05, 0) is 30.3 Å². The van der Waals surface area contributed by atoms with Crippen LogP contribution in [0.3, 0.4) is 0 Å². The molecule has 0 atom stereocenters. The molecule has 0 aliphatic carbocycles. The molecule has 0 spiro atoms. The van der Waals surface area contributed by atoms with E-state index >= 15 is 0 Å². The number of amides is 1. The number of hydrogen-bond acceptors (Lipinski definition) is 2. The van der Waals surface area contributed by atoms with E-state index in [4.69, 9.17) is 51.1 Å². The van der Waals surface area contributed by atoms with Gasteiger partial charge in [0.05, 0.1) is 17.2 Å². The zero-order chi connectivity index (χ0) is 15.6. The molecular weight excluding hydrogens is 356 g/mol. The van der Waals surface area contributed by atoms with Crippen LogP contribution in [-0.4, -0.2) is 13.0 Å². The summed E-state index contributed by atoms with van der Waals surface area (Å²) in [6.45, 7) is 0. The van der Waals surface area contributed by atoms with Crippen LogP contribution in [0.1, 0.15) is 10.4 Å². The molecule has 110 valence electrons. The maximum Gasteiger partial charge on any atom is 0.255 e. The third-order valence-corrected chi connectivity index (χ3v) is 3.58. The minimum atomic E-state index is -0.389. The molecule has 2 aromatic rings. The van der Waals surface area contributed by atoms with Crippen molar-refractivity contribution in [2.24, 2.45) is 0 Å². The van der Waals surface area contributed by atoms with E-state index in [2.05, 4.69) is 5.32 Å². The SMILES string of the molecule is COc1c(Cl)cc(C(=O)Nc2cc(Cl)cc(Cl)c2)cc1Cl. The van der Waals surface area contributed by atoms with Crippen molar-refractivity contribution < 1.29 is 9.53 Å². The molecule has 0 aliphatic rings. The molecular formula is C14H9Cl4NO2. The summed E-state index contributed by atoms with van der Waals surface area (Å²) < 4.78 is 5.03. The number of nitrogens with one attached hydrogen (secondary N) is 1. The third kappa shape index (κ3) is 3.95. The first-order valence-electron chi connectivity index (χ1n) is 5.71.